The monoisotopic (exact) mass is 306 g/mol. The molecule has 0 aromatic heterocycles. The average molecular weight is 306 g/mol. The number of hydrogen-bond donors (Lipinski definition) is 2. The predicted octanol–water partition coefficient (Wildman–Crippen LogP) is 2.16. The van der Waals surface area contributed by atoms with E-state index < -0.39 is 9.84 Å². The maximum Gasteiger partial charge on any atom is 0.175 e. The molecule has 0 spiro atoms. The smallest absolute Gasteiger partial charge is 0.175 e. The Morgan fingerprint density at radius 1 is 1.14 bits per heavy atom. The van der Waals surface area contributed by atoms with Crippen LogP contribution in [-0.4, -0.2) is 27.8 Å². The average Bonchev–Trinajstić information content (AvgIpc) is 2.45. The molecule has 3 N–H and O–H groups in total. The zero-order chi connectivity index (χ0) is 15.3. The highest BCUT2D eigenvalue weighted by Crippen LogP contribution is 2.22. The van der Waals surface area contributed by atoms with Crippen molar-refractivity contribution < 1.29 is 13.2 Å². The second-order valence-corrected chi connectivity index (χ2v) is 6.63. The fourth-order valence-corrected chi connectivity index (χ4v) is 2.46. The van der Waals surface area contributed by atoms with Crippen LogP contribution in [0.5, 0.6) is 5.75 Å². The standard InChI is InChI=1S/C15H18N2O3S/c1-21(18,19)13-7-8-15(14(16)11-13)17-9-10-20-12-5-3-2-4-6-12/h2-8,11,17H,9-10,16H2,1H3. The molecule has 0 atom stereocenters. The van der Waals surface area contributed by atoms with E-state index in [-0.39, 0.29) is 4.90 Å². The molecular formula is C15H18N2O3S. The van der Waals surface area contributed by atoms with E-state index in [2.05, 4.69) is 5.32 Å². The molecule has 2 rings (SSSR count). The van der Waals surface area contributed by atoms with E-state index in [4.69, 9.17) is 10.5 Å². The van der Waals surface area contributed by atoms with E-state index in [0.29, 0.717) is 24.5 Å². The van der Waals surface area contributed by atoms with Gasteiger partial charge in [0, 0.05) is 12.8 Å². The lowest BCUT2D eigenvalue weighted by molar-refractivity contribution is 0.333. The zero-order valence-electron chi connectivity index (χ0n) is 11.7. The molecule has 2 aromatic rings. The van der Waals surface area contributed by atoms with Crippen LogP contribution in [0, 0.1) is 0 Å². The minimum absolute atomic E-state index is 0.214. The quantitative estimate of drug-likeness (QED) is 0.631. The van der Waals surface area contributed by atoms with Crippen LogP contribution in [0.4, 0.5) is 11.4 Å². The van der Waals surface area contributed by atoms with Crippen molar-refractivity contribution in [3.63, 3.8) is 0 Å². The van der Waals surface area contributed by atoms with E-state index >= 15 is 0 Å². The summed E-state index contributed by atoms with van der Waals surface area (Å²) in [5.74, 6) is 0.805. The molecule has 21 heavy (non-hydrogen) atoms. The first kappa shape index (κ1) is 15.2. The normalized spacial score (nSPS) is 11.1. The Morgan fingerprint density at radius 3 is 2.48 bits per heavy atom. The summed E-state index contributed by atoms with van der Waals surface area (Å²) in [7, 11) is -3.24. The van der Waals surface area contributed by atoms with Crippen molar-refractivity contribution >= 4 is 21.2 Å². The second-order valence-electron chi connectivity index (χ2n) is 4.61. The predicted molar refractivity (Wildman–Crippen MR) is 84.4 cm³/mol. The van der Waals surface area contributed by atoms with Crippen LogP contribution in [-0.2, 0) is 9.84 Å². The zero-order valence-corrected chi connectivity index (χ0v) is 12.6. The van der Waals surface area contributed by atoms with E-state index in [1.807, 2.05) is 30.3 Å². The van der Waals surface area contributed by atoms with Crippen LogP contribution in [0.15, 0.2) is 53.4 Å². The topological polar surface area (TPSA) is 81.4 Å². The van der Waals surface area contributed by atoms with Gasteiger partial charge in [-0.2, -0.15) is 0 Å². The van der Waals surface area contributed by atoms with Crippen molar-refractivity contribution in [1.29, 1.82) is 0 Å². The third kappa shape index (κ3) is 4.39. The van der Waals surface area contributed by atoms with Gasteiger partial charge in [-0.15, -0.1) is 0 Å². The van der Waals surface area contributed by atoms with Crippen molar-refractivity contribution in [3.8, 4) is 5.75 Å². The molecule has 2 aromatic carbocycles. The van der Waals surface area contributed by atoms with Gasteiger partial charge < -0.3 is 15.8 Å². The minimum atomic E-state index is -3.24. The van der Waals surface area contributed by atoms with Crippen molar-refractivity contribution in [2.75, 3.05) is 30.5 Å². The van der Waals surface area contributed by atoms with Crippen molar-refractivity contribution in [3.05, 3.63) is 48.5 Å². The summed E-state index contributed by atoms with van der Waals surface area (Å²) in [5, 5.41) is 3.12. The molecule has 0 saturated carbocycles. The van der Waals surface area contributed by atoms with Crippen LogP contribution in [0.3, 0.4) is 0 Å². The van der Waals surface area contributed by atoms with E-state index in [0.717, 1.165) is 12.0 Å². The Morgan fingerprint density at radius 2 is 1.86 bits per heavy atom. The molecule has 5 nitrogen and oxygen atoms in total. The Hall–Kier alpha value is -2.21. The third-order valence-electron chi connectivity index (χ3n) is 2.88. The van der Waals surface area contributed by atoms with Gasteiger partial charge in [0.15, 0.2) is 9.84 Å². The molecule has 0 heterocycles. The Balaban J connectivity index is 1.89. The number of nitrogens with one attached hydrogen (secondary N) is 1. The molecule has 0 aliphatic heterocycles. The van der Waals surface area contributed by atoms with Crippen LogP contribution in [0.25, 0.3) is 0 Å². The number of nitrogens with two attached hydrogens (primary N) is 1. The first-order valence-corrected chi connectivity index (χ1v) is 8.37. The van der Waals surface area contributed by atoms with Crippen LogP contribution in [0.1, 0.15) is 0 Å². The van der Waals surface area contributed by atoms with Gasteiger partial charge in [0.05, 0.1) is 16.3 Å². The van der Waals surface area contributed by atoms with Gasteiger partial charge in [-0.05, 0) is 30.3 Å². The van der Waals surface area contributed by atoms with Gasteiger partial charge in [-0.3, -0.25) is 0 Å². The molecular weight excluding hydrogens is 288 g/mol. The molecule has 6 heteroatoms. The summed E-state index contributed by atoms with van der Waals surface area (Å²) < 4.78 is 28.4. The second kappa shape index (κ2) is 6.49. The fourth-order valence-electron chi connectivity index (χ4n) is 1.80. The lowest BCUT2D eigenvalue weighted by Crippen LogP contribution is -2.12. The summed E-state index contributed by atoms with van der Waals surface area (Å²) in [6, 6.07) is 14.2. The maximum atomic E-state index is 11.4. The molecule has 0 saturated heterocycles. The first-order valence-electron chi connectivity index (χ1n) is 6.48. The number of ether oxygens (including phenoxy) is 1. The van der Waals surface area contributed by atoms with E-state index in [1.54, 1.807) is 6.07 Å². The summed E-state index contributed by atoms with van der Waals surface area (Å²) in [6.07, 6.45) is 1.16. The summed E-state index contributed by atoms with van der Waals surface area (Å²) in [5.41, 5.74) is 6.94. The first-order chi connectivity index (χ1) is 9.97. The number of hydrogen-bond acceptors (Lipinski definition) is 5. The van der Waals surface area contributed by atoms with Crippen molar-refractivity contribution in [1.82, 2.24) is 0 Å². The summed E-state index contributed by atoms with van der Waals surface area (Å²) >= 11 is 0. The largest absolute Gasteiger partial charge is 0.492 e. The third-order valence-corrected chi connectivity index (χ3v) is 3.99. The molecule has 0 aliphatic carbocycles. The highest BCUT2D eigenvalue weighted by Gasteiger charge is 2.09. The molecule has 0 aliphatic rings. The van der Waals surface area contributed by atoms with E-state index in [9.17, 15) is 8.42 Å². The number of sulfone groups is 1. The van der Waals surface area contributed by atoms with Crippen molar-refractivity contribution in [2.24, 2.45) is 0 Å². The molecule has 0 fully saturated rings. The summed E-state index contributed by atoms with van der Waals surface area (Å²) in [4.78, 5) is 0.214. The Labute approximate surface area is 124 Å². The lowest BCUT2D eigenvalue weighted by atomic mass is 10.2. The van der Waals surface area contributed by atoms with Gasteiger partial charge in [0.25, 0.3) is 0 Å². The van der Waals surface area contributed by atoms with Gasteiger partial charge in [0.2, 0.25) is 0 Å². The van der Waals surface area contributed by atoms with Crippen LogP contribution in [0.2, 0.25) is 0 Å². The molecule has 0 amide bonds. The van der Waals surface area contributed by atoms with Gasteiger partial charge in [-0.1, -0.05) is 18.2 Å². The Kier molecular flexibility index (Phi) is 4.70. The molecule has 112 valence electrons. The number of benzene rings is 2. The van der Waals surface area contributed by atoms with Crippen LogP contribution < -0.4 is 15.8 Å². The minimum Gasteiger partial charge on any atom is -0.492 e. The highest BCUT2D eigenvalue weighted by molar-refractivity contribution is 7.90. The van der Waals surface area contributed by atoms with Crippen LogP contribution >= 0.6 is 0 Å². The summed E-state index contributed by atoms with van der Waals surface area (Å²) in [6.45, 7) is 1.05. The molecule has 0 bridgehead atoms. The Bertz CT molecular complexity index is 700. The number of anilines is 2. The molecule has 0 unspecified atom stereocenters. The fraction of sp³-hybridized carbons (Fsp3) is 0.200. The molecule has 0 radical (unpaired) electrons. The SMILES string of the molecule is CS(=O)(=O)c1ccc(NCCOc2ccccc2)c(N)c1. The number of para-hydroxylation sites is 1. The number of nitrogen functional groups attached to an aromatic ring is 1. The highest BCUT2D eigenvalue weighted by atomic mass is 32.2. The van der Waals surface area contributed by atoms with Gasteiger partial charge in [-0.25, -0.2) is 8.42 Å². The van der Waals surface area contributed by atoms with Gasteiger partial charge >= 0.3 is 0 Å². The lowest BCUT2D eigenvalue weighted by Gasteiger charge is -2.11. The maximum absolute atomic E-state index is 11.4. The van der Waals surface area contributed by atoms with Gasteiger partial charge in [0.1, 0.15) is 12.4 Å². The van der Waals surface area contributed by atoms with E-state index in [1.165, 1.54) is 12.1 Å². The van der Waals surface area contributed by atoms with Crippen molar-refractivity contribution in [2.45, 2.75) is 4.90 Å². The number of rotatable bonds is 6.